The van der Waals surface area contributed by atoms with Crippen molar-refractivity contribution in [2.75, 3.05) is 26.7 Å². The number of nitrogens with one attached hydrogen (secondary N) is 2. The van der Waals surface area contributed by atoms with Crippen LogP contribution >= 0.6 is 0 Å². The van der Waals surface area contributed by atoms with Gasteiger partial charge < -0.3 is 19.4 Å². The van der Waals surface area contributed by atoms with E-state index in [0.29, 0.717) is 37.4 Å². The molecule has 11 heteroatoms. The highest BCUT2D eigenvalue weighted by Gasteiger charge is 2.30. The zero-order valence-electron chi connectivity index (χ0n) is 20.8. The molecule has 0 aliphatic carbocycles. The average molecular weight is 520 g/mol. The molecule has 0 fully saturated rings. The van der Waals surface area contributed by atoms with Crippen LogP contribution in [0.25, 0.3) is 16.9 Å². The van der Waals surface area contributed by atoms with Gasteiger partial charge in [-0.2, -0.15) is 5.10 Å². The Morgan fingerprint density at radius 2 is 2.16 bits per heavy atom. The predicted octanol–water partition coefficient (Wildman–Crippen LogP) is 3.68. The summed E-state index contributed by atoms with van der Waals surface area (Å²) < 4.78 is 36.4. The van der Waals surface area contributed by atoms with Gasteiger partial charge in [0.1, 0.15) is 23.0 Å². The lowest BCUT2D eigenvalue weighted by Crippen LogP contribution is -2.51. The fourth-order valence-corrected chi connectivity index (χ4v) is 5.14. The lowest BCUT2D eigenvalue weighted by molar-refractivity contribution is 0.177. The Morgan fingerprint density at radius 1 is 1.26 bits per heavy atom. The van der Waals surface area contributed by atoms with Gasteiger partial charge in [0, 0.05) is 73.6 Å². The van der Waals surface area contributed by atoms with Crippen LogP contribution in [0.4, 0.5) is 13.6 Å². The molecule has 0 saturated carbocycles. The third-order valence-electron chi connectivity index (χ3n) is 7.18. The number of methoxy groups -OCH3 is 1. The molecule has 0 bridgehead atoms. The summed E-state index contributed by atoms with van der Waals surface area (Å²) in [5, 5.41) is 10.5. The maximum atomic E-state index is 14.8. The molecule has 38 heavy (non-hydrogen) atoms. The van der Waals surface area contributed by atoms with E-state index >= 15 is 0 Å². The molecule has 3 aromatic heterocycles. The van der Waals surface area contributed by atoms with Gasteiger partial charge in [-0.05, 0) is 30.3 Å². The number of urea groups is 1. The van der Waals surface area contributed by atoms with E-state index in [1.807, 2.05) is 33.8 Å². The van der Waals surface area contributed by atoms with Gasteiger partial charge in [-0.1, -0.05) is 6.07 Å². The van der Waals surface area contributed by atoms with Gasteiger partial charge in [-0.25, -0.2) is 18.6 Å². The standard InChI is InChI=1S/C27H27F2N7O2/c1-38-24-4-2-3-20(28)18(24)14-34-10-7-21(29)23(16-34)31-27(37)36-11-8-22-19(15-36)26(33-32-22)17-5-6-25-30-9-12-35(25)13-17/h2-7,9,12-13,23H,8,10-11,14-16H2,1H3,(H,31,37)(H,32,33). The normalized spacial score (nSPS) is 17.8. The Kier molecular flexibility index (Phi) is 6.28. The van der Waals surface area contributed by atoms with Crippen LogP contribution in [0.1, 0.15) is 16.8 Å². The first-order valence-electron chi connectivity index (χ1n) is 12.4. The average Bonchev–Trinajstić information content (AvgIpc) is 3.57. The Morgan fingerprint density at radius 3 is 3.03 bits per heavy atom. The minimum atomic E-state index is -0.831. The number of nitrogens with zero attached hydrogens (tertiary/aromatic N) is 5. The Balaban J connectivity index is 1.15. The van der Waals surface area contributed by atoms with Crippen molar-refractivity contribution in [2.45, 2.75) is 25.6 Å². The van der Waals surface area contributed by atoms with Gasteiger partial charge in [0.15, 0.2) is 0 Å². The minimum Gasteiger partial charge on any atom is -0.496 e. The summed E-state index contributed by atoms with van der Waals surface area (Å²) in [5.41, 5.74) is 4.87. The number of ether oxygens (including phenoxy) is 1. The molecule has 2 N–H and O–H groups in total. The molecule has 0 spiro atoms. The number of imidazole rings is 1. The van der Waals surface area contributed by atoms with E-state index in [1.165, 1.54) is 19.3 Å². The summed E-state index contributed by atoms with van der Waals surface area (Å²) >= 11 is 0. The van der Waals surface area contributed by atoms with E-state index in [9.17, 15) is 13.6 Å². The quantitative estimate of drug-likeness (QED) is 0.420. The molecular weight excluding hydrogens is 492 g/mol. The maximum Gasteiger partial charge on any atom is 0.318 e. The zero-order chi connectivity index (χ0) is 26.2. The summed E-state index contributed by atoms with van der Waals surface area (Å²) in [6, 6.07) is 7.35. The summed E-state index contributed by atoms with van der Waals surface area (Å²) in [4.78, 5) is 21.1. The summed E-state index contributed by atoms with van der Waals surface area (Å²) in [5.74, 6) is -0.342. The zero-order valence-corrected chi connectivity index (χ0v) is 20.8. The van der Waals surface area contributed by atoms with Crippen molar-refractivity contribution >= 4 is 11.7 Å². The number of carbonyl (C=O) groups excluding carboxylic acids is 1. The van der Waals surface area contributed by atoms with Gasteiger partial charge in [0.25, 0.3) is 0 Å². The van der Waals surface area contributed by atoms with E-state index in [0.717, 1.165) is 28.2 Å². The monoisotopic (exact) mass is 519 g/mol. The maximum absolute atomic E-state index is 14.8. The van der Waals surface area contributed by atoms with E-state index in [-0.39, 0.29) is 24.9 Å². The van der Waals surface area contributed by atoms with Gasteiger partial charge >= 0.3 is 6.03 Å². The molecular formula is C27H27F2N7O2. The molecule has 0 radical (unpaired) electrons. The van der Waals surface area contributed by atoms with Gasteiger partial charge in [0.05, 0.1) is 25.4 Å². The number of amides is 2. The molecule has 1 atom stereocenters. The van der Waals surface area contributed by atoms with Crippen molar-refractivity contribution in [1.82, 2.24) is 34.7 Å². The van der Waals surface area contributed by atoms with Crippen LogP contribution in [-0.2, 0) is 19.5 Å². The van der Waals surface area contributed by atoms with Crippen LogP contribution in [0, 0.1) is 5.82 Å². The second-order valence-electron chi connectivity index (χ2n) is 9.52. The van der Waals surface area contributed by atoms with Crippen molar-refractivity contribution in [3.8, 4) is 17.0 Å². The number of aromatic nitrogens is 4. The number of H-pyrrole nitrogens is 1. The Bertz CT molecular complexity index is 1530. The number of benzene rings is 1. The molecule has 9 nitrogen and oxygen atoms in total. The fourth-order valence-electron chi connectivity index (χ4n) is 5.14. The number of pyridine rings is 1. The number of carbonyl (C=O) groups is 1. The third-order valence-corrected chi connectivity index (χ3v) is 7.18. The highest BCUT2D eigenvalue weighted by atomic mass is 19.1. The lowest BCUT2D eigenvalue weighted by atomic mass is 10.0. The molecule has 1 aromatic carbocycles. The van der Waals surface area contributed by atoms with Crippen molar-refractivity contribution in [2.24, 2.45) is 0 Å². The molecule has 0 saturated heterocycles. The van der Waals surface area contributed by atoms with E-state index in [1.54, 1.807) is 23.2 Å². The predicted molar refractivity (Wildman–Crippen MR) is 137 cm³/mol. The topological polar surface area (TPSA) is 90.8 Å². The highest BCUT2D eigenvalue weighted by molar-refractivity contribution is 5.76. The number of aromatic amines is 1. The van der Waals surface area contributed by atoms with Crippen molar-refractivity contribution in [3.63, 3.8) is 0 Å². The number of rotatable bonds is 5. The SMILES string of the molecule is COc1cccc(F)c1CN1CC=C(F)C(NC(=O)N2CCc3[nH]nc(-c4ccc5nccn5c4)c3C2)C1. The highest BCUT2D eigenvalue weighted by Crippen LogP contribution is 2.29. The Hall–Kier alpha value is -4.25. The summed E-state index contributed by atoms with van der Waals surface area (Å²) in [6.45, 7) is 1.59. The van der Waals surface area contributed by atoms with Gasteiger partial charge in [0.2, 0.25) is 0 Å². The molecule has 2 aliphatic rings. The summed E-state index contributed by atoms with van der Waals surface area (Å²) in [6.07, 6.45) is 7.61. The smallest absolute Gasteiger partial charge is 0.318 e. The Labute approximate surface area is 217 Å². The molecule has 4 aromatic rings. The molecule has 1 unspecified atom stereocenters. The number of halogens is 2. The van der Waals surface area contributed by atoms with Crippen molar-refractivity contribution in [3.05, 3.63) is 83.5 Å². The molecule has 6 rings (SSSR count). The lowest BCUT2D eigenvalue weighted by Gasteiger charge is -2.33. The molecule has 196 valence electrons. The molecule has 2 amide bonds. The first kappa shape index (κ1) is 24.1. The number of hydrogen-bond donors (Lipinski definition) is 2. The van der Waals surface area contributed by atoms with Crippen LogP contribution in [0.15, 0.2) is 60.8 Å². The van der Waals surface area contributed by atoms with Crippen LogP contribution in [-0.4, -0.2) is 68.2 Å². The molecule has 5 heterocycles. The molecule has 2 aliphatic heterocycles. The van der Waals surface area contributed by atoms with Crippen LogP contribution < -0.4 is 10.1 Å². The van der Waals surface area contributed by atoms with Gasteiger partial charge in [-0.15, -0.1) is 0 Å². The van der Waals surface area contributed by atoms with Crippen LogP contribution in [0.3, 0.4) is 0 Å². The van der Waals surface area contributed by atoms with E-state index in [4.69, 9.17) is 4.74 Å². The second kappa shape index (κ2) is 9.90. The minimum absolute atomic E-state index is 0.215. The first-order chi connectivity index (χ1) is 18.5. The van der Waals surface area contributed by atoms with E-state index < -0.39 is 11.9 Å². The van der Waals surface area contributed by atoms with Gasteiger partial charge in [-0.3, -0.25) is 10.00 Å². The van der Waals surface area contributed by atoms with Crippen molar-refractivity contribution in [1.29, 1.82) is 0 Å². The van der Waals surface area contributed by atoms with E-state index in [2.05, 4.69) is 20.5 Å². The first-order valence-corrected chi connectivity index (χ1v) is 12.4. The summed E-state index contributed by atoms with van der Waals surface area (Å²) in [7, 11) is 1.49. The largest absolute Gasteiger partial charge is 0.496 e. The van der Waals surface area contributed by atoms with Crippen LogP contribution in [0.5, 0.6) is 5.75 Å². The van der Waals surface area contributed by atoms with Crippen molar-refractivity contribution < 1.29 is 18.3 Å². The number of hydrogen-bond acceptors (Lipinski definition) is 5. The second-order valence-corrected chi connectivity index (χ2v) is 9.52. The fraction of sp³-hybridized carbons (Fsp3) is 0.296. The number of fused-ring (bicyclic) bond motifs is 2. The third kappa shape index (κ3) is 4.49. The van der Waals surface area contributed by atoms with Crippen LogP contribution in [0.2, 0.25) is 0 Å².